The van der Waals surface area contributed by atoms with Crippen molar-refractivity contribution in [2.24, 2.45) is 5.92 Å². The molecule has 0 amide bonds. The number of allylic oxidation sites excluding steroid dienone is 2. The molecule has 2 radical (unpaired) electrons. The van der Waals surface area contributed by atoms with E-state index in [1.54, 1.807) is 0 Å². The van der Waals surface area contributed by atoms with Gasteiger partial charge in [0, 0.05) is 0 Å². The van der Waals surface area contributed by atoms with Crippen molar-refractivity contribution in [1.82, 2.24) is 0 Å². The summed E-state index contributed by atoms with van der Waals surface area (Å²) in [5.41, 5.74) is 0. The molecule has 1 atom stereocenters. The van der Waals surface area contributed by atoms with Gasteiger partial charge in [-0.15, -0.1) is 0 Å². The number of unbranched alkanes of at least 4 members (excludes halogenated alkanes) is 5. The van der Waals surface area contributed by atoms with Crippen LogP contribution in [0.3, 0.4) is 0 Å². The average molecular weight is 208 g/mol. The minimum absolute atomic E-state index is 0.791. The Hall–Kier alpha value is -0.260. The normalized spacial score (nSPS) is 13.5. The predicted molar refractivity (Wildman–Crippen MR) is 70.6 cm³/mol. The molecule has 0 aliphatic rings. The van der Waals surface area contributed by atoms with Gasteiger partial charge in [-0.3, -0.25) is 0 Å². The maximum Gasteiger partial charge on any atom is -0.0236 e. The highest BCUT2D eigenvalue weighted by Crippen LogP contribution is 2.14. The Bertz CT molecular complexity index is 135. The molecule has 88 valence electrons. The predicted octanol–water partition coefficient (Wildman–Crippen LogP) is 5.36. The fourth-order valence-electron chi connectivity index (χ4n) is 1.75. The first-order chi connectivity index (χ1) is 7.35. The lowest BCUT2D eigenvalue weighted by atomic mass is 9.98. The van der Waals surface area contributed by atoms with Crippen molar-refractivity contribution in [1.29, 1.82) is 0 Å². The van der Waals surface area contributed by atoms with Crippen LogP contribution in [0.1, 0.15) is 64.7 Å². The molecule has 0 aromatic rings. The summed E-state index contributed by atoms with van der Waals surface area (Å²) in [7, 11) is 0. The number of hydrogen-bond acceptors (Lipinski definition) is 0. The van der Waals surface area contributed by atoms with Gasteiger partial charge in [0.1, 0.15) is 0 Å². The molecule has 0 nitrogen and oxygen atoms in total. The van der Waals surface area contributed by atoms with Gasteiger partial charge < -0.3 is 0 Å². The molecular weight excluding hydrogens is 180 g/mol. The first kappa shape index (κ1) is 14.7. The lowest BCUT2D eigenvalue weighted by Gasteiger charge is -2.08. The van der Waals surface area contributed by atoms with E-state index in [9.17, 15) is 0 Å². The van der Waals surface area contributed by atoms with E-state index in [1.807, 2.05) is 0 Å². The Morgan fingerprint density at radius 2 is 1.73 bits per heavy atom. The van der Waals surface area contributed by atoms with Crippen molar-refractivity contribution in [2.75, 3.05) is 0 Å². The molecule has 0 aromatic heterocycles. The molecule has 0 N–H and O–H groups in total. The summed E-state index contributed by atoms with van der Waals surface area (Å²) >= 11 is 0. The summed E-state index contributed by atoms with van der Waals surface area (Å²) in [4.78, 5) is 0. The average Bonchev–Trinajstić information content (AvgIpc) is 2.27. The molecule has 0 fully saturated rings. The minimum atomic E-state index is 0.791. The van der Waals surface area contributed by atoms with Gasteiger partial charge in [0.25, 0.3) is 0 Å². The van der Waals surface area contributed by atoms with E-state index in [2.05, 4.69) is 32.9 Å². The maximum atomic E-state index is 3.89. The molecule has 0 rings (SSSR count). The van der Waals surface area contributed by atoms with Crippen LogP contribution in [-0.2, 0) is 0 Å². The third kappa shape index (κ3) is 10.0. The first-order valence-corrected chi connectivity index (χ1v) is 6.60. The van der Waals surface area contributed by atoms with E-state index in [0.717, 1.165) is 18.8 Å². The lowest BCUT2D eigenvalue weighted by molar-refractivity contribution is 0.546. The second-order valence-electron chi connectivity index (χ2n) is 4.30. The fourth-order valence-corrected chi connectivity index (χ4v) is 1.75. The Balaban J connectivity index is 3.44. The number of rotatable bonds is 10. The van der Waals surface area contributed by atoms with Gasteiger partial charge in [-0.05, 0) is 31.6 Å². The molecule has 15 heavy (non-hydrogen) atoms. The van der Waals surface area contributed by atoms with Gasteiger partial charge in [-0.1, -0.05) is 65.0 Å². The van der Waals surface area contributed by atoms with Crippen LogP contribution in [0.15, 0.2) is 12.2 Å². The van der Waals surface area contributed by atoms with Crippen LogP contribution in [0.25, 0.3) is 0 Å². The van der Waals surface area contributed by atoms with Crippen LogP contribution >= 0.6 is 0 Å². The second kappa shape index (κ2) is 11.8. The topological polar surface area (TPSA) is 0 Å². The molecule has 1 unspecified atom stereocenters. The SMILES string of the molecule is [CH2]CCCCC/C=C/C(CC)CCC[CH2]. The molecule has 0 heterocycles. The van der Waals surface area contributed by atoms with Gasteiger partial charge >= 0.3 is 0 Å². The summed E-state index contributed by atoms with van der Waals surface area (Å²) in [5, 5.41) is 0. The van der Waals surface area contributed by atoms with Gasteiger partial charge in [-0.2, -0.15) is 0 Å². The van der Waals surface area contributed by atoms with Crippen molar-refractivity contribution < 1.29 is 0 Å². The molecule has 0 aliphatic heterocycles. The molecule has 0 aromatic carbocycles. The van der Waals surface area contributed by atoms with Crippen LogP contribution in [0.5, 0.6) is 0 Å². The van der Waals surface area contributed by atoms with Crippen LogP contribution in [0, 0.1) is 19.8 Å². The van der Waals surface area contributed by atoms with Crippen LogP contribution in [0.2, 0.25) is 0 Å². The Morgan fingerprint density at radius 1 is 1.00 bits per heavy atom. The van der Waals surface area contributed by atoms with Crippen molar-refractivity contribution in [3.05, 3.63) is 26.0 Å². The van der Waals surface area contributed by atoms with Crippen molar-refractivity contribution in [3.8, 4) is 0 Å². The van der Waals surface area contributed by atoms with Crippen molar-refractivity contribution in [3.63, 3.8) is 0 Å². The molecular formula is C15H28. The zero-order valence-corrected chi connectivity index (χ0v) is 10.5. The smallest absolute Gasteiger partial charge is 0.0236 e. The highest BCUT2D eigenvalue weighted by atomic mass is 14.0. The zero-order valence-electron chi connectivity index (χ0n) is 10.5. The molecule has 0 aliphatic carbocycles. The zero-order chi connectivity index (χ0) is 11.4. The summed E-state index contributed by atoms with van der Waals surface area (Å²) in [6.45, 7) is 10.0. The summed E-state index contributed by atoms with van der Waals surface area (Å²) in [5.74, 6) is 0.791. The van der Waals surface area contributed by atoms with Gasteiger partial charge in [-0.25, -0.2) is 0 Å². The lowest BCUT2D eigenvalue weighted by Crippen LogP contribution is -1.93. The largest absolute Gasteiger partial charge is 0.0883 e. The highest BCUT2D eigenvalue weighted by molar-refractivity contribution is 4.87. The van der Waals surface area contributed by atoms with Gasteiger partial charge in [0.05, 0.1) is 0 Å². The Kier molecular flexibility index (Phi) is 11.6. The van der Waals surface area contributed by atoms with Crippen molar-refractivity contribution >= 4 is 0 Å². The standard InChI is InChI=1S/C15H28/c1-4-7-9-10-11-12-14-15(6-3)13-8-5-2/h12,14-15H,1-2,4-11,13H2,3H3/b14-12+. The van der Waals surface area contributed by atoms with E-state index in [0.29, 0.717) is 0 Å². The van der Waals surface area contributed by atoms with Crippen LogP contribution < -0.4 is 0 Å². The molecule has 0 saturated heterocycles. The molecule has 0 spiro atoms. The number of hydrogen-bond donors (Lipinski definition) is 0. The van der Waals surface area contributed by atoms with Gasteiger partial charge in [0.2, 0.25) is 0 Å². The monoisotopic (exact) mass is 208 g/mol. The maximum absolute atomic E-state index is 3.89. The fraction of sp³-hybridized carbons (Fsp3) is 0.733. The first-order valence-electron chi connectivity index (χ1n) is 6.60. The van der Waals surface area contributed by atoms with Gasteiger partial charge in [0.15, 0.2) is 0 Å². The minimum Gasteiger partial charge on any atom is -0.0883 e. The molecule has 0 heteroatoms. The third-order valence-electron chi connectivity index (χ3n) is 2.88. The van der Waals surface area contributed by atoms with Crippen molar-refractivity contribution in [2.45, 2.75) is 64.7 Å². The van der Waals surface area contributed by atoms with E-state index in [4.69, 9.17) is 0 Å². The van der Waals surface area contributed by atoms with E-state index in [1.165, 1.54) is 44.9 Å². The molecule has 0 bridgehead atoms. The quantitative estimate of drug-likeness (QED) is 0.335. The Labute approximate surface area is 97.2 Å². The summed E-state index contributed by atoms with van der Waals surface area (Å²) in [6, 6.07) is 0. The highest BCUT2D eigenvalue weighted by Gasteiger charge is 1.99. The Morgan fingerprint density at radius 3 is 2.33 bits per heavy atom. The van der Waals surface area contributed by atoms with Crippen LogP contribution in [0.4, 0.5) is 0 Å². The van der Waals surface area contributed by atoms with E-state index < -0.39 is 0 Å². The van der Waals surface area contributed by atoms with E-state index >= 15 is 0 Å². The summed E-state index contributed by atoms with van der Waals surface area (Å²) in [6.07, 6.45) is 16.0. The summed E-state index contributed by atoms with van der Waals surface area (Å²) < 4.78 is 0. The van der Waals surface area contributed by atoms with E-state index in [-0.39, 0.29) is 0 Å². The van der Waals surface area contributed by atoms with Crippen LogP contribution in [-0.4, -0.2) is 0 Å². The third-order valence-corrected chi connectivity index (χ3v) is 2.88. The second-order valence-corrected chi connectivity index (χ2v) is 4.30. The molecule has 0 saturated carbocycles.